The molecule has 0 saturated heterocycles. The molecule has 0 aromatic heterocycles. The molecule has 4 unspecified atom stereocenters. The van der Waals surface area contributed by atoms with Gasteiger partial charge in [-0.25, -0.2) is 27.5 Å². The van der Waals surface area contributed by atoms with Gasteiger partial charge in [-0.3, -0.25) is 0 Å². The van der Waals surface area contributed by atoms with Crippen molar-refractivity contribution >= 4 is 41.0 Å². The molecular formula is C58H50F4N3P. The van der Waals surface area contributed by atoms with Crippen molar-refractivity contribution in [2.75, 3.05) is 0 Å². The summed E-state index contributed by atoms with van der Waals surface area (Å²) in [5.41, 5.74) is 5.06. The van der Waals surface area contributed by atoms with Crippen molar-refractivity contribution in [3.05, 3.63) is 203 Å². The first-order valence-electron chi connectivity index (χ1n) is 22.9. The third kappa shape index (κ3) is 8.46. The van der Waals surface area contributed by atoms with Crippen molar-refractivity contribution < 1.29 is 17.6 Å². The molecule has 0 fully saturated rings. The van der Waals surface area contributed by atoms with Crippen LogP contribution < -0.4 is 15.9 Å². The van der Waals surface area contributed by atoms with E-state index in [1.54, 1.807) is 36.4 Å². The standard InChI is InChI=1S/C58H50F4N3P/c1-35-13-19-40(20-14-35)56-63-57(41-21-15-36(2)16-22-41)65-58(64-56)42-25-23-38(24-26-42)46-33-34-49(48-12-8-7-11-47(46)48)51-54(61)52(59)50(53(60)55(51)62)39-27-31-45(32-28-39)66(43-9-5-4-6-10-43)44-29-17-37(3)18-30-44/h4-13,15,17,19-21,23-29,31-35,37,44,58H,14,16,18,22,30H2,1-3H3,(H,63,64,65)/t35?,37-,44?,58?,66?/m0/s1. The van der Waals surface area contributed by atoms with Crippen LogP contribution in [0.15, 0.2) is 184 Å². The summed E-state index contributed by atoms with van der Waals surface area (Å²) in [5, 5.41) is 6.90. The van der Waals surface area contributed by atoms with Crippen LogP contribution in [0.4, 0.5) is 17.6 Å². The normalized spacial score (nSPS) is 21.0. The van der Waals surface area contributed by atoms with Gasteiger partial charge in [0.2, 0.25) is 0 Å². The largest absolute Gasteiger partial charge is 0.325 e. The lowest BCUT2D eigenvalue weighted by Gasteiger charge is -2.30. The lowest BCUT2D eigenvalue weighted by atomic mass is 9.90. The zero-order chi connectivity index (χ0) is 45.5. The monoisotopic (exact) mass is 895 g/mol. The molecule has 0 amide bonds. The smallest absolute Gasteiger partial charge is 0.170 e. The Morgan fingerprint density at radius 2 is 1.21 bits per heavy atom. The van der Waals surface area contributed by atoms with Gasteiger partial charge in [-0.2, -0.15) is 0 Å². The van der Waals surface area contributed by atoms with Crippen molar-refractivity contribution in [2.24, 2.45) is 21.8 Å². The number of nitrogens with zero attached hydrogens (tertiary/aromatic N) is 2. The SMILES string of the molecule is CC1=CC=C(C2=NC(c3ccc(-c4ccc(-c5c(F)c(F)c(-c6ccc(P(c7ccccc7)C7C=C[C@H](C)CC7)cc6)c(F)c5F)c5ccccc45)cc3)N=C(C3=CCC(C)C=C3)N2)CC1. The first kappa shape index (κ1) is 43.5. The minimum absolute atomic E-state index is 0.0602. The molecule has 10 rings (SSSR count). The Labute approximate surface area is 385 Å². The van der Waals surface area contributed by atoms with Crippen LogP contribution in [0.25, 0.3) is 44.2 Å². The molecule has 0 saturated carbocycles. The predicted octanol–water partition coefficient (Wildman–Crippen LogP) is 14.8. The molecule has 0 spiro atoms. The molecular weight excluding hydrogens is 846 g/mol. The average molecular weight is 896 g/mol. The van der Waals surface area contributed by atoms with Gasteiger partial charge < -0.3 is 5.32 Å². The summed E-state index contributed by atoms with van der Waals surface area (Å²) in [6.07, 6.45) is 19.8. The lowest BCUT2D eigenvalue weighted by Crippen LogP contribution is -2.37. The quantitative estimate of drug-likeness (QED) is 0.0668. The molecule has 0 bridgehead atoms. The van der Waals surface area contributed by atoms with Crippen molar-refractivity contribution in [2.45, 2.75) is 64.7 Å². The highest BCUT2D eigenvalue weighted by Gasteiger charge is 2.30. The van der Waals surface area contributed by atoms with Crippen LogP contribution in [0.5, 0.6) is 0 Å². The number of amidine groups is 2. The molecule has 1 heterocycles. The number of hydrogen-bond acceptors (Lipinski definition) is 3. The molecule has 1 aliphatic heterocycles. The number of aliphatic imine (C=N–C) groups is 2. The van der Waals surface area contributed by atoms with Gasteiger partial charge in [0, 0.05) is 11.2 Å². The van der Waals surface area contributed by atoms with Gasteiger partial charge in [-0.1, -0.05) is 177 Å². The summed E-state index contributed by atoms with van der Waals surface area (Å²) in [4.78, 5) is 10.2. The fraction of sp³-hybridized carbons (Fsp3) is 0.207. The average Bonchev–Trinajstić information content (AvgIpc) is 3.35. The van der Waals surface area contributed by atoms with Crippen LogP contribution in [0.2, 0.25) is 0 Å². The van der Waals surface area contributed by atoms with Gasteiger partial charge in [0.25, 0.3) is 0 Å². The van der Waals surface area contributed by atoms with Crippen LogP contribution in [-0.2, 0) is 0 Å². The number of halogens is 4. The first-order valence-corrected chi connectivity index (χ1v) is 24.3. The topological polar surface area (TPSA) is 36.8 Å². The highest BCUT2D eigenvalue weighted by molar-refractivity contribution is 7.73. The van der Waals surface area contributed by atoms with E-state index in [2.05, 4.69) is 80.8 Å². The summed E-state index contributed by atoms with van der Waals surface area (Å²) in [7, 11) is -0.827. The summed E-state index contributed by atoms with van der Waals surface area (Å²) in [6, 6.07) is 35.6. The summed E-state index contributed by atoms with van der Waals surface area (Å²) < 4.78 is 65.6. The van der Waals surface area contributed by atoms with Crippen molar-refractivity contribution in [3.8, 4) is 33.4 Å². The molecule has 3 aliphatic carbocycles. The Morgan fingerprint density at radius 3 is 1.86 bits per heavy atom. The second-order valence-electron chi connectivity index (χ2n) is 18.0. The predicted molar refractivity (Wildman–Crippen MR) is 267 cm³/mol. The van der Waals surface area contributed by atoms with E-state index in [9.17, 15) is 0 Å². The van der Waals surface area contributed by atoms with Gasteiger partial charge in [0.15, 0.2) is 29.4 Å². The molecule has 4 aliphatic rings. The molecule has 6 aromatic rings. The third-order valence-corrected chi connectivity index (χ3v) is 16.1. The van der Waals surface area contributed by atoms with E-state index in [0.717, 1.165) is 76.9 Å². The second-order valence-corrected chi connectivity index (χ2v) is 20.4. The number of benzene rings is 6. The molecule has 66 heavy (non-hydrogen) atoms. The second kappa shape index (κ2) is 18.5. The van der Waals surface area contributed by atoms with Gasteiger partial charge in [0.05, 0.1) is 11.1 Å². The van der Waals surface area contributed by atoms with Crippen molar-refractivity contribution in [1.29, 1.82) is 0 Å². The van der Waals surface area contributed by atoms with E-state index >= 15 is 17.6 Å². The molecule has 3 nitrogen and oxygen atoms in total. The van der Waals surface area contributed by atoms with Gasteiger partial charge in [0.1, 0.15) is 11.7 Å². The molecule has 8 heteroatoms. The highest BCUT2D eigenvalue weighted by Crippen LogP contribution is 2.46. The highest BCUT2D eigenvalue weighted by atomic mass is 31.1. The fourth-order valence-corrected chi connectivity index (χ4v) is 12.3. The number of allylic oxidation sites excluding steroid dienone is 7. The van der Waals surface area contributed by atoms with Gasteiger partial charge >= 0.3 is 0 Å². The Balaban J connectivity index is 0.969. The van der Waals surface area contributed by atoms with Crippen LogP contribution in [0.1, 0.15) is 64.6 Å². The number of hydrogen-bond donors (Lipinski definition) is 1. The Bertz CT molecular complexity index is 3040. The van der Waals surface area contributed by atoms with Gasteiger partial charge in [-0.05, 0) is 114 Å². The summed E-state index contributed by atoms with van der Waals surface area (Å²) in [5.74, 6) is -3.14. The van der Waals surface area contributed by atoms with Crippen molar-refractivity contribution in [1.82, 2.24) is 5.32 Å². The first-order chi connectivity index (χ1) is 32.1. The van der Waals surface area contributed by atoms with E-state index in [-0.39, 0.29) is 11.1 Å². The number of fused-ring (bicyclic) bond motifs is 1. The van der Waals surface area contributed by atoms with Crippen LogP contribution in [0.3, 0.4) is 0 Å². The van der Waals surface area contributed by atoms with E-state index in [0.29, 0.717) is 28.3 Å². The zero-order valence-corrected chi connectivity index (χ0v) is 38.1. The van der Waals surface area contributed by atoms with E-state index < -0.39 is 48.5 Å². The maximum atomic E-state index is 16.5. The Hall–Kier alpha value is -6.43. The van der Waals surface area contributed by atoms with Crippen LogP contribution in [0, 0.1) is 35.1 Å². The third-order valence-electron chi connectivity index (χ3n) is 13.3. The maximum absolute atomic E-state index is 16.5. The molecule has 0 radical (unpaired) electrons. The lowest BCUT2D eigenvalue weighted by molar-refractivity contribution is 0.463. The minimum atomic E-state index is -1.44. The Morgan fingerprint density at radius 1 is 0.576 bits per heavy atom. The molecule has 5 atom stereocenters. The Kier molecular flexibility index (Phi) is 12.2. The van der Waals surface area contributed by atoms with E-state index in [1.165, 1.54) is 10.9 Å². The van der Waals surface area contributed by atoms with Crippen LogP contribution in [-0.4, -0.2) is 17.3 Å². The van der Waals surface area contributed by atoms with Crippen molar-refractivity contribution in [3.63, 3.8) is 0 Å². The minimum Gasteiger partial charge on any atom is -0.325 e. The van der Waals surface area contributed by atoms with Gasteiger partial charge in [-0.15, -0.1) is 0 Å². The molecule has 1 N–H and O–H groups in total. The zero-order valence-electron chi connectivity index (χ0n) is 37.2. The molecule has 6 aromatic carbocycles. The van der Waals surface area contributed by atoms with E-state index in [4.69, 9.17) is 9.98 Å². The number of rotatable bonds is 9. The fourth-order valence-electron chi connectivity index (χ4n) is 9.54. The maximum Gasteiger partial charge on any atom is 0.170 e. The summed E-state index contributed by atoms with van der Waals surface area (Å²) >= 11 is 0. The summed E-state index contributed by atoms with van der Waals surface area (Å²) in [6.45, 7) is 6.55. The van der Waals surface area contributed by atoms with Crippen LogP contribution >= 0.6 is 7.92 Å². The number of nitrogens with one attached hydrogen (secondary N) is 1. The van der Waals surface area contributed by atoms with E-state index in [1.807, 2.05) is 66.7 Å². The molecule has 330 valence electrons.